The van der Waals surface area contributed by atoms with Crippen LogP contribution in [0.25, 0.3) is 33.4 Å². The van der Waals surface area contributed by atoms with Gasteiger partial charge >= 0.3 is 0 Å². The molecule has 1 aromatic heterocycles. The van der Waals surface area contributed by atoms with Gasteiger partial charge in [0.05, 0.1) is 0 Å². The number of nitrogens with zero attached hydrogens (tertiary/aromatic N) is 4. The Morgan fingerprint density at radius 2 is 0.910 bits per heavy atom. The maximum Gasteiger partial charge on any atom is 0.135 e. The van der Waals surface area contributed by atoms with Crippen molar-refractivity contribution >= 4 is 68.8 Å². The van der Waals surface area contributed by atoms with Gasteiger partial charge in [-0.15, -0.1) is 47.9 Å². The van der Waals surface area contributed by atoms with Crippen molar-refractivity contribution in [3.63, 3.8) is 0 Å². The molecule has 3 aliphatic heterocycles. The first kappa shape index (κ1) is 61.5. The first-order valence-corrected chi connectivity index (χ1v) is 33.4. The summed E-state index contributed by atoms with van der Waals surface area (Å²) >= 11 is 0. The second kappa shape index (κ2) is 22.0. The van der Waals surface area contributed by atoms with Gasteiger partial charge in [0, 0.05) is 72.6 Å². The van der Waals surface area contributed by atoms with Crippen molar-refractivity contribution in [1.82, 2.24) is 4.98 Å². The number of benzene rings is 9. The number of aryl methyl sites for hydroxylation is 2. The average molecular weight is 1360 g/mol. The second-order valence-corrected chi connectivity index (χ2v) is 33.7. The van der Waals surface area contributed by atoms with Crippen LogP contribution in [0.1, 0.15) is 143 Å². The van der Waals surface area contributed by atoms with Gasteiger partial charge in [-0.2, -0.15) is 12.1 Å². The van der Waals surface area contributed by atoms with E-state index in [1.165, 1.54) is 93.1 Å². The molecule has 0 unspecified atom stereocenters. The fraction of sp³-hybridized carbons (Fsp3) is 0.268. The molecule has 0 N–H and O–H groups in total. The average Bonchev–Trinajstić information content (AvgIpc) is 1.41. The van der Waals surface area contributed by atoms with Crippen LogP contribution in [0, 0.1) is 32.6 Å². The number of hydrogen-bond donors (Lipinski definition) is 0. The molecular weight excluding hydrogens is 1280 g/mol. The number of aromatic nitrogens is 1. The molecule has 0 bridgehead atoms. The molecule has 7 heteroatoms. The summed E-state index contributed by atoms with van der Waals surface area (Å²) in [6, 6.07) is 76.5. The van der Waals surface area contributed by atoms with Crippen LogP contribution in [-0.2, 0) is 48.1 Å². The minimum absolute atomic E-state index is 0. The van der Waals surface area contributed by atoms with E-state index in [0.717, 1.165) is 39.9 Å². The molecule has 10 aromatic rings. The molecular formula is C82H83N4OPtSi-3. The molecule has 0 radical (unpaired) electrons. The fourth-order valence-electron chi connectivity index (χ4n) is 13.4. The SMILES string of the molecule is Cc1ccc2c(c1)-c1cc(C)ccc1[Si]21c2ccc(Oc3[c-]c(N4[CH-]N(c5c(-c6cccc(C(C)(C)C)c6)cc(C(C)(C)C)cc5-c5cc(C(C)(C)C)cc(C(C)(C)C)c5)c5ccccc54)ccc3)[c-]c2N(c2cc(C(C)(C)C)ccn2)c2ccccc21.[Pt]. The van der Waals surface area contributed by atoms with Gasteiger partial charge in [-0.3, -0.25) is 0 Å². The number of rotatable bonds is 7. The normalized spacial score (nSPS) is 14.2. The predicted octanol–water partition coefficient (Wildman–Crippen LogP) is 19.5. The number of ether oxygens (including phenoxy) is 1. The van der Waals surface area contributed by atoms with Crippen molar-refractivity contribution < 1.29 is 25.8 Å². The molecule has 89 heavy (non-hydrogen) atoms. The fourth-order valence-corrected chi connectivity index (χ4v) is 18.9. The van der Waals surface area contributed by atoms with Gasteiger partial charge in [-0.1, -0.05) is 230 Å². The van der Waals surface area contributed by atoms with E-state index in [4.69, 9.17) is 9.72 Å². The van der Waals surface area contributed by atoms with E-state index >= 15 is 0 Å². The molecule has 0 atom stereocenters. The van der Waals surface area contributed by atoms with Crippen molar-refractivity contribution in [3.05, 3.63) is 246 Å². The van der Waals surface area contributed by atoms with E-state index in [9.17, 15) is 0 Å². The first-order valence-electron chi connectivity index (χ1n) is 31.4. The monoisotopic (exact) mass is 1360 g/mol. The van der Waals surface area contributed by atoms with E-state index in [1.807, 2.05) is 12.3 Å². The van der Waals surface area contributed by atoms with Gasteiger partial charge in [-0.05, 0) is 149 Å². The summed E-state index contributed by atoms with van der Waals surface area (Å²) in [4.78, 5) is 12.2. The molecule has 0 fully saturated rings. The first-order chi connectivity index (χ1) is 41.6. The van der Waals surface area contributed by atoms with Gasteiger partial charge in [0.25, 0.3) is 0 Å². The summed E-state index contributed by atoms with van der Waals surface area (Å²) < 4.78 is 7.13. The Labute approximate surface area is 546 Å². The van der Waals surface area contributed by atoms with Crippen LogP contribution in [0.15, 0.2) is 188 Å². The van der Waals surface area contributed by atoms with Crippen molar-refractivity contribution in [2.45, 2.75) is 145 Å². The standard InChI is InChI=1S/C82H83N4OSi.Pt/c1-52-32-35-72-66(40-52)67-41-53(2)33-36-73(67)88(72)74-31-21-20-30-70(74)86(76-48-57(38-39-83-76)79(6,7)8)71-50-63(34-37-75(71)88)87-62-27-23-26-61(49-62)84-51-85(69-29-19-18-28-68(69)84)77-64(54-24-22-25-56(42-54)78(3,4)5)46-60(82(15,16)17)47-65(77)55-43-58(80(9,10)11)45-59(44-55)81(12,13)14;/h18-48,51H,1-17H3;/q-3;. The third kappa shape index (κ3) is 10.8. The minimum atomic E-state index is -2.96. The number of para-hydroxylation sites is 3. The largest absolute Gasteiger partial charge is 0.509 e. The number of hydrogen-bond acceptors (Lipinski definition) is 5. The molecule has 4 heterocycles. The number of anilines is 7. The summed E-state index contributed by atoms with van der Waals surface area (Å²) in [6.45, 7) is 41.4. The van der Waals surface area contributed by atoms with E-state index in [-0.39, 0.29) is 48.1 Å². The summed E-state index contributed by atoms with van der Waals surface area (Å²) in [5.74, 6) is 2.04. The van der Waals surface area contributed by atoms with Crippen LogP contribution in [-0.4, -0.2) is 13.1 Å². The van der Waals surface area contributed by atoms with Crippen molar-refractivity contribution in [3.8, 4) is 44.9 Å². The molecule has 5 nitrogen and oxygen atoms in total. The predicted molar refractivity (Wildman–Crippen MR) is 375 cm³/mol. The summed E-state index contributed by atoms with van der Waals surface area (Å²) in [5, 5.41) is 5.40. The number of pyridine rings is 1. The van der Waals surface area contributed by atoms with Gasteiger partial charge in [0.1, 0.15) is 13.9 Å². The Morgan fingerprint density at radius 3 is 1.52 bits per heavy atom. The van der Waals surface area contributed by atoms with E-state index in [1.54, 1.807) is 0 Å². The zero-order valence-electron chi connectivity index (χ0n) is 55.0. The van der Waals surface area contributed by atoms with Gasteiger partial charge in [-0.25, -0.2) is 4.98 Å². The number of fused-ring (bicyclic) bond motifs is 10. The summed E-state index contributed by atoms with van der Waals surface area (Å²) in [5.41, 5.74) is 22.1. The van der Waals surface area contributed by atoms with Crippen molar-refractivity contribution in [2.75, 3.05) is 14.7 Å². The Hall–Kier alpha value is -7.76. The van der Waals surface area contributed by atoms with Crippen molar-refractivity contribution in [1.29, 1.82) is 0 Å². The zero-order chi connectivity index (χ0) is 62.2. The van der Waals surface area contributed by atoms with Crippen molar-refractivity contribution in [2.24, 2.45) is 0 Å². The van der Waals surface area contributed by atoms with E-state index in [0.29, 0.717) is 11.5 Å². The molecule has 1 spiro atoms. The molecule has 9 aromatic carbocycles. The maximum atomic E-state index is 7.13. The van der Waals surface area contributed by atoms with Gasteiger partial charge in [0.15, 0.2) is 0 Å². The van der Waals surface area contributed by atoms with Crippen LogP contribution in [0.2, 0.25) is 0 Å². The van der Waals surface area contributed by atoms with Crippen LogP contribution < -0.4 is 40.2 Å². The third-order valence-electron chi connectivity index (χ3n) is 18.5. The quantitative estimate of drug-likeness (QED) is 0.117. The molecule has 0 saturated carbocycles. The molecule has 454 valence electrons. The Kier molecular flexibility index (Phi) is 15.2. The Bertz CT molecular complexity index is 4340. The van der Waals surface area contributed by atoms with Gasteiger partial charge in [0.2, 0.25) is 0 Å². The van der Waals surface area contributed by atoms with Crippen LogP contribution >= 0.6 is 0 Å². The second-order valence-electron chi connectivity index (χ2n) is 30.1. The Morgan fingerprint density at radius 1 is 0.404 bits per heavy atom. The topological polar surface area (TPSA) is 31.8 Å². The van der Waals surface area contributed by atoms with E-state index < -0.39 is 8.07 Å². The summed E-state index contributed by atoms with van der Waals surface area (Å²) in [6.07, 6.45) is 1.96. The molecule has 0 amide bonds. The molecule has 0 aliphatic carbocycles. The van der Waals surface area contributed by atoms with Crippen LogP contribution in [0.5, 0.6) is 11.5 Å². The van der Waals surface area contributed by atoms with Crippen LogP contribution in [0.4, 0.5) is 39.9 Å². The third-order valence-corrected chi connectivity index (χ3v) is 23.4. The Balaban J connectivity index is 0.00000769. The molecule has 13 rings (SSSR count). The maximum absolute atomic E-state index is 7.13. The smallest absolute Gasteiger partial charge is 0.135 e. The molecule has 3 aliphatic rings. The van der Waals surface area contributed by atoms with Crippen LogP contribution in [0.3, 0.4) is 0 Å². The summed E-state index contributed by atoms with van der Waals surface area (Å²) in [7, 11) is -2.96. The minimum Gasteiger partial charge on any atom is -0.509 e. The van der Waals surface area contributed by atoms with Gasteiger partial charge < -0.3 is 19.4 Å². The molecule has 0 saturated heterocycles. The van der Waals surface area contributed by atoms with E-state index in [2.05, 4.69) is 327 Å². The zero-order valence-corrected chi connectivity index (χ0v) is 58.3.